The number of cyclic esters (lactones) is 1. The predicted octanol–water partition coefficient (Wildman–Crippen LogP) is -0.940. The first-order chi connectivity index (χ1) is 4.74. The Labute approximate surface area is 57.9 Å². The average Bonchev–Trinajstić information content (AvgIpc) is 2.34. The molecule has 1 heterocycles. The van der Waals surface area contributed by atoms with E-state index in [1.165, 1.54) is 7.11 Å². The maximum Gasteiger partial charge on any atom is 0.407 e. The zero-order valence-corrected chi connectivity index (χ0v) is 5.53. The summed E-state index contributed by atoms with van der Waals surface area (Å²) in [4.78, 5) is 10.4. The van der Waals surface area contributed by atoms with E-state index in [0.29, 0.717) is 6.54 Å². The van der Waals surface area contributed by atoms with Gasteiger partial charge in [0.25, 0.3) is 0 Å². The van der Waals surface area contributed by atoms with Gasteiger partial charge in [-0.25, -0.2) is 4.79 Å². The molecule has 58 valence electrons. The minimum atomic E-state index is -1.03. The fourth-order valence-corrected chi connectivity index (χ4v) is 0.716. The van der Waals surface area contributed by atoms with E-state index in [4.69, 9.17) is 5.11 Å². The summed E-state index contributed by atoms with van der Waals surface area (Å²) in [6.07, 6.45) is -2.11. The van der Waals surface area contributed by atoms with Crippen molar-refractivity contribution in [2.75, 3.05) is 13.7 Å². The molecule has 0 aromatic heterocycles. The van der Waals surface area contributed by atoms with Crippen molar-refractivity contribution >= 4 is 6.09 Å². The van der Waals surface area contributed by atoms with E-state index in [1.54, 1.807) is 0 Å². The van der Waals surface area contributed by atoms with Crippen molar-refractivity contribution in [3.05, 3.63) is 0 Å². The van der Waals surface area contributed by atoms with Crippen LogP contribution in [0.3, 0.4) is 0 Å². The lowest BCUT2D eigenvalue weighted by Gasteiger charge is -2.12. The first-order valence-electron chi connectivity index (χ1n) is 2.89. The Morgan fingerprint density at radius 1 is 2.00 bits per heavy atom. The van der Waals surface area contributed by atoms with Crippen LogP contribution in [0.15, 0.2) is 0 Å². The van der Waals surface area contributed by atoms with Crippen LogP contribution < -0.4 is 5.32 Å². The number of aliphatic hydroxyl groups is 1. The highest BCUT2D eigenvalue weighted by molar-refractivity contribution is 5.69. The van der Waals surface area contributed by atoms with Gasteiger partial charge in [-0.2, -0.15) is 0 Å². The molecular weight excluding hydrogens is 138 g/mol. The molecule has 10 heavy (non-hydrogen) atoms. The molecule has 2 atom stereocenters. The van der Waals surface area contributed by atoms with Gasteiger partial charge in [-0.05, 0) is 0 Å². The number of hydrogen-bond acceptors (Lipinski definition) is 4. The lowest BCUT2D eigenvalue weighted by molar-refractivity contribution is -0.132. The second-order valence-corrected chi connectivity index (χ2v) is 1.95. The fraction of sp³-hybridized carbons (Fsp3) is 0.800. The monoisotopic (exact) mass is 147 g/mol. The predicted molar refractivity (Wildman–Crippen MR) is 31.3 cm³/mol. The van der Waals surface area contributed by atoms with Crippen molar-refractivity contribution in [3.8, 4) is 0 Å². The molecule has 0 bridgehead atoms. The maximum absolute atomic E-state index is 10.4. The maximum atomic E-state index is 10.4. The highest BCUT2D eigenvalue weighted by Gasteiger charge is 2.29. The Balaban J connectivity index is 2.36. The van der Waals surface area contributed by atoms with E-state index in [-0.39, 0.29) is 0 Å². The van der Waals surface area contributed by atoms with Crippen LogP contribution >= 0.6 is 0 Å². The van der Waals surface area contributed by atoms with Crippen LogP contribution in [0.25, 0.3) is 0 Å². The van der Waals surface area contributed by atoms with E-state index in [2.05, 4.69) is 14.8 Å². The molecule has 0 radical (unpaired) electrons. The molecule has 2 N–H and O–H groups in total. The van der Waals surface area contributed by atoms with Crippen molar-refractivity contribution in [1.82, 2.24) is 5.32 Å². The quantitative estimate of drug-likeness (QED) is 0.494. The number of nitrogens with one attached hydrogen (secondary N) is 1. The van der Waals surface area contributed by atoms with Gasteiger partial charge in [-0.15, -0.1) is 0 Å². The summed E-state index contributed by atoms with van der Waals surface area (Å²) < 4.78 is 9.11. The van der Waals surface area contributed by atoms with Crippen LogP contribution in [0.5, 0.6) is 0 Å². The third-order valence-electron chi connectivity index (χ3n) is 1.27. The second-order valence-electron chi connectivity index (χ2n) is 1.95. The summed E-state index contributed by atoms with van der Waals surface area (Å²) in [7, 11) is 1.34. The van der Waals surface area contributed by atoms with Crippen LogP contribution in [-0.2, 0) is 9.47 Å². The molecule has 0 aliphatic carbocycles. The summed E-state index contributed by atoms with van der Waals surface area (Å²) in [5.74, 6) is 0. The van der Waals surface area contributed by atoms with Crippen LogP contribution in [0.2, 0.25) is 0 Å². The van der Waals surface area contributed by atoms with Crippen LogP contribution in [-0.4, -0.2) is 37.2 Å². The van der Waals surface area contributed by atoms with E-state index < -0.39 is 18.5 Å². The van der Waals surface area contributed by atoms with Crippen molar-refractivity contribution < 1.29 is 19.4 Å². The number of aliphatic hydroxyl groups excluding tert-OH is 1. The number of hydrogen-bond donors (Lipinski definition) is 2. The second kappa shape index (κ2) is 2.85. The van der Waals surface area contributed by atoms with Gasteiger partial charge in [0, 0.05) is 7.11 Å². The number of amides is 1. The van der Waals surface area contributed by atoms with Gasteiger partial charge >= 0.3 is 6.09 Å². The third-order valence-corrected chi connectivity index (χ3v) is 1.27. The van der Waals surface area contributed by atoms with Crippen molar-refractivity contribution in [2.45, 2.75) is 12.4 Å². The first-order valence-corrected chi connectivity index (χ1v) is 2.89. The number of methoxy groups -OCH3 is 1. The Morgan fingerprint density at radius 2 is 2.70 bits per heavy atom. The van der Waals surface area contributed by atoms with E-state index in [0.717, 1.165) is 0 Å². The Kier molecular flexibility index (Phi) is 2.08. The van der Waals surface area contributed by atoms with Crippen molar-refractivity contribution in [1.29, 1.82) is 0 Å². The standard InChI is InChI=1S/C5H9NO4/c1-9-4(7)3-2-6-5(8)10-3/h3-4,7H,2H2,1H3,(H,6,8)/t3-,4?/m1/s1. The molecule has 5 nitrogen and oxygen atoms in total. The smallest absolute Gasteiger partial charge is 0.407 e. The van der Waals surface area contributed by atoms with Crippen LogP contribution in [0, 0.1) is 0 Å². The Bertz CT molecular complexity index is 138. The Morgan fingerprint density at radius 3 is 3.10 bits per heavy atom. The first kappa shape index (κ1) is 7.30. The lowest BCUT2D eigenvalue weighted by Crippen LogP contribution is -2.30. The number of rotatable bonds is 2. The summed E-state index contributed by atoms with van der Waals surface area (Å²) in [5.41, 5.74) is 0. The number of carbonyl (C=O) groups excluding carboxylic acids is 1. The molecule has 0 saturated carbocycles. The molecule has 1 unspecified atom stereocenters. The number of ether oxygens (including phenoxy) is 2. The van der Waals surface area contributed by atoms with Gasteiger partial charge in [0.1, 0.15) is 0 Å². The molecule has 1 rings (SSSR count). The molecule has 1 fully saturated rings. The molecule has 1 amide bonds. The summed E-state index contributed by atoms with van der Waals surface area (Å²) >= 11 is 0. The van der Waals surface area contributed by atoms with Gasteiger partial charge in [0.2, 0.25) is 0 Å². The molecule has 5 heteroatoms. The fourth-order valence-electron chi connectivity index (χ4n) is 0.716. The molecule has 1 aliphatic rings. The highest BCUT2D eigenvalue weighted by atomic mass is 16.6. The van der Waals surface area contributed by atoms with Gasteiger partial charge < -0.3 is 19.9 Å². The SMILES string of the molecule is COC(O)[C@H]1CNC(=O)O1. The minimum absolute atomic E-state index is 0.299. The summed E-state index contributed by atoms with van der Waals surface area (Å²) in [6.45, 7) is 0.299. The molecular formula is C5H9NO4. The molecule has 1 saturated heterocycles. The third kappa shape index (κ3) is 1.37. The molecule has 0 aromatic carbocycles. The van der Waals surface area contributed by atoms with E-state index in [1.807, 2.05) is 0 Å². The largest absolute Gasteiger partial charge is 0.439 e. The topological polar surface area (TPSA) is 67.8 Å². The molecule has 0 spiro atoms. The van der Waals surface area contributed by atoms with Crippen molar-refractivity contribution in [2.24, 2.45) is 0 Å². The minimum Gasteiger partial charge on any atom is -0.439 e. The highest BCUT2D eigenvalue weighted by Crippen LogP contribution is 2.04. The number of carbonyl (C=O) groups is 1. The zero-order valence-electron chi connectivity index (χ0n) is 5.53. The zero-order chi connectivity index (χ0) is 7.56. The Hall–Kier alpha value is -0.810. The van der Waals surface area contributed by atoms with Gasteiger partial charge in [0.05, 0.1) is 6.54 Å². The van der Waals surface area contributed by atoms with Gasteiger partial charge in [-0.1, -0.05) is 0 Å². The van der Waals surface area contributed by atoms with Crippen LogP contribution in [0.1, 0.15) is 0 Å². The van der Waals surface area contributed by atoms with E-state index in [9.17, 15) is 4.79 Å². The van der Waals surface area contributed by atoms with Crippen molar-refractivity contribution in [3.63, 3.8) is 0 Å². The summed E-state index contributed by atoms with van der Waals surface area (Å²) in [5, 5.41) is 11.3. The normalized spacial score (nSPS) is 27.4. The van der Waals surface area contributed by atoms with Gasteiger partial charge in [-0.3, -0.25) is 0 Å². The van der Waals surface area contributed by atoms with E-state index >= 15 is 0 Å². The molecule has 1 aliphatic heterocycles. The summed E-state index contributed by atoms with van der Waals surface area (Å²) in [6, 6.07) is 0. The average molecular weight is 147 g/mol. The van der Waals surface area contributed by atoms with Gasteiger partial charge in [0.15, 0.2) is 12.4 Å². The van der Waals surface area contributed by atoms with Crippen LogP contribution in [0.4, 0.5) is 4.79 Å². The number of alkyl carbamates (subject to hydrolysis) is 1. The lowest BCUT2D eigenvalue weighted by atomic mass is 10.3. The molecule has 0 aromatic rings.